The highest BCUT2D eigenvalue weighted by atomic mass is 16.5. The first kappa shape index (κ1) is 14.9. The molecular weight excluding hydrogens is 250 g/mol. The van der Waals surface area contributed by atoms with E-state index < -0.39 is 0 Å². The van der Waals surface area contributed by atoms with Crippen molar-refractivity contribution in [2.75, 3.05) is 5.73 Å². The summed E-state index contributed by atoms with van der Waals surface area (Å²) in [4.78, 5) is 12.2. The number of rotatable bonds is 3. The molecule has 1 aromatic rings. The van der Waals surface area contributed by atoms with E-state index in [-0.39, 0.29) is 12.1 Å². The van der Waals surface area contributed by atoms with E-state index in [4.69, 9.17) is 10.5 Å². The Labute approximate surface area is 121 Å². The van der Waals surface area contributed by atoms with Crippen LogP contribution < -0.4 is 5.73 Å². The molecule has 0 aliphatic heterocycles. The maximum absolute atomic E-state index is 12.2. The molecule has 3 atom stereocenters. The average molecular weight is 275 g/mol. The summed E-state index contributed by atoms with van der Waals surface area (Å²) < 4.78 is 5.78. The van der Waals surface area contributed by atoms with Crippen molar-refractivity contribution in [1.82, 2.24) is 0 Å². The zero-order valence-corrected chi connectivity index (χ0v) is 12.6. The third kappa shape index (κ3) is 3.53. The van der Waals surface area contributed by atoms with Crippen LogP contribution in [0.2, 0.25) is 0 Å². The predicted octanol–water partition coefficient (Wildman–Crippen LogP) is 3.89. The summed E-state index contributed by atoms with van der Waals surface area (Å²) in [6, 6.07) is 6.93. The van der Waals surface area contributed by atoms with Gasteiger partial charge in [0, 0.05) is 5.69 Å². The van der Waals surface area contributed by atoms with E-state index in [9.17, 15) is 4.79 Å². The topological polar surface area (TPSA) is 52.3 Å². The molecule has 0 spiro atoms. The lowest BCUT2D eigenvalue weighted by atomic mass is 9.75. The first-order valence-electron chi connectivity index (χ1n) is 7.54. The number of hydrogen-bond donors (Lipinski definition) is 1. The van der Waals surface area contributed by atoms with Crippen LogP contribution in [-0.4, -0.2) is 12.1 Å². The number of hydrogen-bond acceptors (Lipinski definition) is 3. The Morgan fingerprint density at radius 1 is 1.25 bits per heavy atom. The molecule has 20 heavy (non-hydrogen) atoms. The Morgan fingerprint density at radius 2 is 1.90 bits per heavy atom. The summed E-state index contributed by atoms with van der Waals surface area (Å²) in [5.41, 5.74) is 6.88. The van der Waals surface area contributed by atoms with Crippen LogP contribution in [0.4, 0.5) is 5.69 Å². The van der Waals surface area contributed by atoms with Crippen molar-refractivity contribution in [3.05, 3.63) is 29.8 Å². The quantitative estimate of drug-likeness (QED) is 0.672. The van der Waals surface area contributed by atoms with E-state index >= 15 is 0 Å². The van der Waals surface area contributed by atoms with Gasteiger partial charge in [-0.25, -0.2) is 4.79 Å². The lowest BCUT2D eigenvalue weighted by Crippen LogP contribution is -2.35. The number of anilines is 1. The number of carbonyl (C=O) groups is 1. The summed E-state index contributed by atoms with van der Waals surface area (Å²) >= 11 is 0. The van der Waals surface area contributed by atoms with Gasteiger partial charge in [0.15, 0.2) is 0 Å². The number of esters is 1. The van der Waals surface area contributed by atoms with Crippen LogP contribution in [0.15, 0.2) is 24.3 Å². The fourth-order valence-electron chi connectivity index (χ4n) is 3.07. The second-order valence-corrected chi connectivity index (χ2v) is 6.39. The fraction of sp³-hybridized carbons (Fsp3) is 0.588. The molecule has 0 saturated heterocycles. The first-order chi connectivity index (χ1) is 9.47. The van der Waals surface area contributed by atoms with Crippen LogP contribution in [0.1, 0.15) is 50.4 Å². The highest BCUT2D eigenvalue weighted by molar-refractivity contribution is 5.89. The molecule has 0 radical (unpaired) electrons. The van der Waals surface area contributed by atoms with Crippen molar-refractivity contribution in [2.45, 2.75) is 46.1 Å². The van der Waals surface area contributed by atoms with Gasteiger partial charge < -0.3 is 10.5 Å². The molecule has 2 rings (SSSR count). The maximum Gasteiger partial charge on any atom is 0.338 e. The van der Waals surface area contributed by atoms with E-state index in [1.807, 2.05) is 0 Å². The smallest absolute Gasteiger partial charge is 0.338 e. The van der Waals surface area contributed by atoms with E-state index in [2.05, 4.69) is 20.8 Å². The molecule has 0 heterocycles. The average Bonchev–Trinajstić information content (AvgIpc) is 2.39. The Kier molecular flexibility index (Phi) is 4.69. The van der Waals surface area contributed by atoms with Gasteiger partial charge in [0.2, 0.25) is 0 Å². The van der Waals surface area contributed by atoms with Gasteiger partial charge in [0.25, 0.3) is 0 Å². The van der Waals surface area contributed by atoms with Crippen molar-refractivity contribution in [2.24, 2.45) is 17.8 Å². The molecule has 0 aromatic heterocycles. The highest BCUT2D eigenvalue weighted by Gasteiger charge is 2.33. The molecular formula is C17H25NO2. The predicted molar refractivity (Wildman–Crippen MR) is 81.4 cm³/mol. The molecule has 1 aliphatic carbocycles. The molecule has 1 fully saturated rings. The zero-order valence-electron chi connectivity index (χ0n) is 12.6. The minimum Gasteiger partial charge on any atom is -0.458 e. The van der Waals surface area contributed by atoms with Gasteiger partial charge in [0.1, 0.15) is 6.10 Å². The number of benzene rings is 1. The van der Waals surface area contributed by atoms with E-state index in [0.717, 1.165) is 12.8 Å². The largest absolute Gasteiger partial charge is 0.458 e. The Morgan fingerprint density at radius 3 is 2.50 bits per heavy atom. The summed E-state index contributed by atoms with van der Waals surface area (Å²) in [5.74, 6) is 1.43. The van der Waals surface area contributed by atoms with Gasteiger partial charge in [-0.15, -0.1) is 0 Å². The SMILES string of the molecule is CC(C)[C@H]1CC[C@H](C)C[C@H]1OC(=O)c1ccc(N)cc1. The van der Waals surface area contributed by atoms with Crippen molar-refractivity contribution < 1.29 is 9.53 Å². The molecule has 1 saturated carbocycles. The van der Waals surface area contributed by atoms with E-state index in [0.29, 0.717) is 29.0 Å². The van der Waals surface area contributed by atoms with Crippen LogP contribution in [0.3, 0.4) is 0 Å². The molecule has 1 aromatic carbocycles. The van der Waals surface area contributed by atoms with E-state index in [1.54, 1.807) is 24.3 Å². The van der Waals surface area contributed by atoms with Gasteiger partial charge >= 0.3 is 5.97 Å². The van der Waals surface area contributed by atoms with Gasteiger partial charge in [-0.1, -0.05) is 27.2 Å². The number of nitrogens with two attached hydrogens (primary N) is 1. The van der Waals surface area contributed by atoms with Crippen molar-refractivity contribution in [3.8, 4) is 0 Å². The van der Waals surface area contributed by atoms with Crippen LogP contribution in [0.5, 0.6) is 0 Å². The molecule has 3 nitrogen and oxygen atoms in total. The van der Waals surface area contributed by atoms with Gasteiger partial charge in [-0.2, -0.15) is 0 Å². The summed E-state index contributed by atoms with van der Waals surface area (Å²) in [5, 5.41) is 0. The summed E-state index contributed by atoms with van der Waals surface area (Å²) in [6.07, 6.45) is 3.41. The minimum absolute atomic E-state index is 0.0452. The lowest BCUT2D eigenvalue weighted by molar-refractivity contribution is -0.0174. The summed E-state index contributed by atoms with van der Waals surface area (Å²) in [7, 11) is 0. The maximum atomic E-state index is 12.2. The number of carbonyl (C=O) groups excluding carboxylic acids is 1. The van der Waals surface area contributed by atoms with E-state index in [1.165, 1.54) is 6.42 Å². The third-order valence-corrected chi connectivity index (χ3v) is 4.37. The standard InChI is InChI=1S/C17H25NO2/c1-11(2)15-9-4-12(3)10-16(15)20-17(19)13-5-7-14(18)8-6-13/h5-8,11-12,15-16H,4,9-10,18H2,1-3H3/t12-,15+,16+/m0/s1. The minimum atomic E-state index is -0.227. The third-order valence-electron chi connectivity index (χ3n) is 4.37. The van der Waals surface area contributed by atoms with Crippen LogP contribution in [0.25, 0.3) is 0 Å². The van der Waals surface area contributed by atoms with Crippen molar-refractivity contribution >= 4 is 11.7 Å². The molecule has 3 heteroatoms. The monoisotopic (exact) mass is 275 g/mol. The van der Waals surface area contributed by atoms with Crippen molar-refractivity contribution in [3.63, 3.8) is 0 Å². The molecule has 0 unspecified atom stereocenters. The van der Waals surface area contributed by atoms with Crippen LogP contribution >= 0.6 is 0 Å². The first-order valence-corrected chi connectivity index (χ1v) is 7.54. The van der Waals surface area contributed by atoms with Crippen molar-refractivity contribution in [1.29, 1.82) is 0 Å². The Hall–Kier alpha value is -1.51. The van der Waals surface area contributed by atoms with Gasteiger partial charge in [-0.05, 0) is 54.9 Å². The second-order valence-electron chi connectivity index (χ2n) is 6.39. The zero-order chi connectivity index (χ0) is 14.7. The summed E-state index contributed by atoms with van der Waals surface area (Å²) in [6.45, 7) is 6.66. The molecule has 0 bridgehead atoms. The highest BCUT2D eigenvalue weighted by Crippen LogP contribution is 2.35. The normalized spacial score (nSPS) is 26.5. The molecule has 110 valence electrons. The molecule has 0 amide bonds. The second kappa shape index (κ2) is 6.29. The number of ether oxygens (including phenoxy) is 1. The fourth-order valence-corrected chi connectivity index (χ4v) is 3.07. The molecule has 2 N–H and O–H groups in total. The Bertz CT molecular complexity index is 453. The van der Waals surface area contributed by atoms with Crippen LogP contribution in [0, 0.1) is 17.8 Å². The van der Waals surface area contributed by atoms with Gasteiger partial charge in [-0.3, -0.25) is 0 Å². The molecule has 1 aliphatic rings. The van der Waals surface area contributed by atoms with Crippen LogP contribution in [-0.2, 0) is 4.74 Å². The van der Waals surface area contributed by atoms with Gasteiger partial charge in [0.05, 0.1) is 5.56 Å². The lowest BCUT2D eigenvalue weighted by Gasteiger charge is -2.36. The number of nitrogen functional groups attached to an aromatic ring is 1. The Balaban J connectivity index is 2.05.